The van der Waals surface area contributed by atoms with E-state index in [-0.39, 0.29) is 0 Å². The Hall–Kier alpha value is -0.350. The molecule has 5 heteroatoms. The summed E-state index contributed by atoms with van der Waals surface area (Å²) >= 11 is 16.4. The van der Waals surface area contributed by atoms with E-state index >= 15 is 0 Å². The van der Waals surface area contributed by atoms with Crippen LogP contribution in [-0.4, -0.2) is 18.1 Å². The summed E-state index contributed by atoms with van der Waals surface area (Å²) in [5, 5.41) is 5.66. The Morgan fingerprint density at radius 3 is 2.76 bits per heavy atom. The molecule has 1 fully saturated rings. The fourth-order valence-electron chi connectivity index (χ4n) is 2.94. The third kappa shape index (κ3) is 3.53. The molecule has 0 amide bonds. The van der Waals surface area contributed by atoms with E-state index in [0.717, 1.165) is 57.8 Å². The highest BCUT2D eigenvalue weighted by atomic mass is 79.9. The Kier molecular flexibility index (Phi) is 5.05. The number of hydrogen-bond donors (Lipinski definition) is 1. The molecule has 0 bridgehead atoms. The van der Waals surface area contributed by atoms with Gasteiger partial charge >= 0.3 is 0 Å². The van der Waals surface area contributed by atoms with E-state index < -0.39 is 0 Å². The molecule has 1 saturated heterocycles. The van der Waals surface area contributed by atoms with E-state index in [1.165, 1.54) is 12.8 Å². The molecule has 21 heavy (non-hydrogen) atoms. The number of rotatable bonds is 3. The van der Waals surface area contributed by atoms with Crippen LogP contribution in [0.5, 0.6) is 0 Å². The van der Waals surface area contributed by atoms with E-state index in [1.807, 2.05) is 18.2 Å². The average Bonchev–Trinajstić information content (AvgIpc) is 2.49. The SMILES string of the molecule is Clc1nc2ccc(Br)cc2c(Cl)c1CCC1CCNCC1. The van der Waals surface area contributed by atoms with Gasteiger partial charge < -0.3 is 5.32 Å². The number of pyridine rings is 1. The van der Waals surface area contributed by atoms with Gasteiger partial charge in [-0.1, -0.05) is 39.1 Å². The van der Waals surface area contributed by atoms with Crippen LogP contribution >= 0.6 is 39.1 Å². The third-order valence-corrected chi connectivity index (χ3v) is 5.43. The van der Waals surface area contributed by atoms with Crippen molar-refractivity contribution in [3.8, 4) is 0 Å². The lowest BCUT2D eigenvalue weighted by Gasteiger charge is -2.22. The number of aromatic nitrogens is 1. The monoisotopic (exact) mass is 386 g/mol. The van der Waals surface area contributed by atoms with Crippen LogP contribution < -0.4 is 5.32 Å². The molecular formula is C16H17BrCl2N2. The minimum atomic E-state index is 0.545. The van der Waals surface area contributed by atoms with E-state index in [1.54, 1.807) is 0 Å². The normalized spacial score (nSPS) is 16.5. The number of fused-ring (bicyclic) bond motifs is 1. The summed E-state index contributed by atoms with van der Waals surface area (Å²) in [6.45, 7) is 2.24. The Morgan fingerprint density at radius 1 is 1.24 bits per heavy atom. The third-order valence-electron chi connectivity index (χ3n) is 4.19. The molecule has 0 saturated carbocycles. The van der Waals surface area contributed by atoms with Gasteiger partial charge in [-0.3, -0.25) is 0 Å². The van der Waals surface area contributed by atoms with E-state index in [0.29, 0.717) is 5.15 Å². The van der Waals surface area contributed by atoms with Gasteiger partial charge in [0, 0.05) is 15.4 Å². The highest BCUT2D eigenvalue weighted by Gasteiger charge is 2.17. The minimum absolute atomic E-state index is 0.545. The summed E-state index contributed by atoms with van der Waals surface area (Å²) in [5.41, 5.74) is 1.83. The van der Waals surface area contributed by atoms with Crippen LogP contribution in [0.3, 0.4) is 0 Å². The van der Waals surface area contributed by atoms with Crippen molar-refractivity contribution < 1.29 is 0 Å². The molecule has 2 aromatic rings. The molecule has 0 aliphatic carbocycles. The van der Waals surface area contributed by atoms with Crippen LogP contribution in [0.2, 0.25) is 10.2 Å². The van der Waals surface area contributed by atoms with Gasteiger partial charge in [0.1, 0.15) is 5.15 Å². The fraction of sp³-hybridized carbons (Fsp3) is 0.438. The quantitative estimate of drug-likeness (QED) is 0.728. The zero-order valence-electron chi connectivity index (χ0n) is 11.6. The summed E-state index contributed by atoms with van der Waals surface area (Å²) in [7, 11) is 0. The van der Waals surface area contributed by atoms with Crippen molar-refractivity contribution in [2.45, 2.75) is 25.7 Å². The fourth-order valence-corrected chi connectivity index (χ4v) is 3.96. The number of nitrogens with one attached hydrogen (secondary N) is 1. The summed E-state index contributed by atoms with van der Waals surface area (Å²) in [6.07, 6.45) is 4.50. The summed E-state index contributed by atoms with van der Waals surface area (Å²) in [4.78, 5) is 4.49. The Balaban J connectivity index is 1.86. The molecule has 1 N–H and O–H groups in total. The van der Waals surface area contributed by atoms with Crippen LogP contribution in [0.25, 0.3) is 10.9 Å². The second kappa shape index (κ2) is 6.82. The number of piperidine rings is 1. The number of benzene rings is 1. The molecule has 0 radical (unpaired) electrons. The minimum Gasteiger partial charge on any atom is -0.317 e. The van der Waals surface area contributed by atoms with E-state index in [9.17, 15) is 0 Å². The van der Waals surface area contributed by atoms with Crippen molar-refractivity contribution in [1.82, 2.24) is 10.3 Å². The highest BCUT2D eigenvalue weighted by Crippen LogP contribution is 2.34. The van der Waals surface area contributed by atoms with Gasteiger partial charge in [-0.05, 0) is 62.9 Å². The van der Waals surface area contributed by atoms with E-state index in [2.05, 4.69) is 26.2 Å². The first-order valence-electron chi connectivity index (χ1n) is 7.29. The summed E-state index contributed by atoms with van der Waals surface area (Å²) in [5.74, 6) is 0.761. The summed E-state index contributed by atoms with van der Waals surface area (Å²) < 4.78 is 1.00. The van der Waals surface area contributed by atoms with Crippen molar-refractivity contribution in [3.63, 3.8) is 0 Å². The number of hydrogen-bond acceptors (Lipinski definition) is 2. The maximum absolute atomic E-state index is 6.58. The second-order valence-electron chi connectivity index (χ2n) is 5.59. The lowest BCUT2D eigenvalue weighted by Crippen LogP contribution is -2.27. The topological polar surface area (TPSA) is 24.9 Å². The second-order valence-corrected chi connectivity index (χ2v) is 7.24. The molecule has 1 aliphatic rings. The van der Waals surface area contributed by atoms with Gasteiger partial charge in [0.2, 0.25) is 0 Å². The van der Waals surface area contributed by atoms with Crippen LogP contribution in [0.4, 0.5) is 0 Å². The first-order valence-corrected chi connectivity index (χ1v) is 8.84. The number of nitrogens with zero attached hydrogens (tertiary/aromatic N) is 1. The molecule has 0 spiro atoms. The van der Waals surface area contributed by atoms with Gasteiger partial charge in [0.25, 0.3) is 0 Å². The largest absolute Gasteiger partial charge is 0.317 e. The molecule has 0 unspecified atom stereocenters. The van der Waals surface area contributed by atoms with Crippen LogP contribution in [0.1, 0.15) is 24.8 Å². The van der Waals surface area contributed by atoms with Crippen LogP contribution in [0.15, 0.2) is 22.7 Å². The average molecular weight is 388 g/mol. The molecule has 1 aliphatic heterocycles. The molecule has 1 aromatic heterocycles. The standard InChI is InChI=1S/C16H17BrCl2N2/c17-11-2-4-14-13(9-11)15(18)12(16(19)21-14)3-1-10-5-7-20-8-6-10/h2,4,9-10,20H,1,3,5-8H2. The predicted molar refractivity (Wildman–Crippen MR) is 93.4 cm³/mol. The van der Waals surface area contributed by atoms with Gasteiger partial charge in [-0.15, -0.1) is 0 Å². The predicted octanol–water partition coefficient (Wildman–Crippen LogP) is 5.24. The van der Waals surface area contributed by atoms with Crippen molar-refractivity contribution in [3.05, 3.63) is 38.4 Å². The van der Waals surface area contributed by atoms with Gasteiger partial charge in [0.15, 0.2) is 0 Å². The van der Waals surface area contributed by atoms with Crippen LogP contribution in [0, 0.1) is 5.92 Å². The maximum atomic E-state index is 6.58. The number of halogens is 3. The Morgan fingerprint density at radius 2 is 2.00 bits per heavy atom. The van der Waals surface area contributed by atoms with Crippen molar-refractivity contribution >= 4 is 50.0 Å². The molecule has 2 nitrogen and oxygen atoms in total. The van der Waals surface area contributed by atoms with E-state index in [4.69, 9.17) is 23.2 Å². The van der Waals surface area contributed by atoms with Crippen molar-refractivity contribution in [2.24, 2.45) is 5.92 Å². The van der Waals surface area contributed by atoms with Crippen molar-refractivity contribution in [1.29, 1.82) is 0 Å². The molecule has 1 aromatic carbocycles. The maximum Gasteiger partial charge on any atom is 0.134 e. The first kappa shape index (κ1) is 15.5. The van der Waals surface area contributed by atoms with Gasteiger partial charge in [-0.25, -0.2) is 4.98 Å². The molecule has 0 atom stereocenters. The zero-order valence-corrected chi connectivity index (χ0v) is 14.7. The lowest BCUT2D eigenvalue weighted by atomic mass is 9.91. The first-order chi connectivity index (χ1) is 10.1. The molecular weight excluding hydrogens is 371 g/mol. The highest BCUT2D eigenvalue weighted by molar-refractivity contribution is 9.10. The van der Waals surface area contributed by atoms with Crippen LogP contribution in [-0.2, 0) is 6.42 Å². The Bertz CT molecular complexity index is 654. The lowest BCUT2D eigenvalue weighted by molar-refractivity contribution is 0.354. The van der Waals surface area contributed by atoms with Crippen molar-refractivity contribution in [2.75, 3.05) is 13.1 Å². The Labute approximate surface area is 143 Å². The van der Waals surface area contributed by atoms with Gasteiger partial charge in [-0.2, -0.15) is 0 Å². The molecule has 3 rings (SSSR count). The van der Waals surface area contributed by atoms with Gasteiger partial charge in [0.05, 0.1) is 10.5 Å². The zero-order chi connectivity index (χ0) is 14.8. The summed E-state index contributed by atoms with van der Waals surface area (Å²) in [6, 6.07) is 5.90. The molecule has 2 heterocycles. The molecule has 112 valence electrons. The smallest absolute Gasteiger partial charge is 0.134 e.